The Kier molecular flexibility index (Phi) is 6.32. The predicted octanol–water partition coefficient (Wildman–Crippen LogP) is 4.38. The Hall–Kier alpha value is -2.57. The molecule has 5 nitrogen and oxygen atoms in total. The van der Waals surface area contributed by atoms with E-state index in [0.717, 1.165) is 35.4 Å². The largest absolute Gasteiger partial charge is 0.337 e. The Morgan fingerprint density at radius 2 is 1.59 bits per heavy atom. The molecule has 1 fully saturated rings. The normalized spacial score (nSPS) is 14.1. The van der Waals surface area contributed by atoms with Gasteiger partial charge in [-0.25, -0.2) is 9.97 Å². The van der Waals surface area contributed by atoms with Crippen molar-refractivity contribution in [2.24, 2.45) is 0 Å². The molecule has 148 valence electrons. The number of amides is 1. The number of benzene rings is 2. The molecule has 7 heteroatoms. The highest BCUT2D eigenvalue weighted by Crippen LogP contribution is 2.24. The van der Waals surface area contributed by atoms with E-state index < -0.39 is 0 Å². The zero-order chi connectivity index (χ0) is 20.1. The summed E-state index contributed by atoms with van der Waals surface area (Å²) in [7, 11) is 0. The van der Waals surface area contributed by atoms with Crippen molar-refractivity contribution in [3.63, 3.8) is 0 Å². The number of aromatic nitrogens is 2. The van der Waals surface area contributed by atoms with Gasteiger partial charge in [-0.2, -0.15) is 0 Å². The number of rotatable bonds is 5. The molecule has 1 amide bonds. The molecule has 4 rings (SSSR count). The van der Waals surface area contributed by atoms with Gasteiger partial charge < -0.3 is 9.80 Å². The maximum absolute atomic E-state index is 12.8. The number of carbonyl (C=O) groups is 1. The molecule has 3 aromatic rings. The van der Waals surface area contributed by atoms with Crippen LogP contribution in [0.3, 0.4) is 0 Å². The van der Waals surface area contributed by atoms with Gasteiger partial charge in [0.1, 0.15) is 0 Å². The van der Waals surface area contributed by atoms with E-state index in [1.165, 1.54) is 10.5 Å². The molecule has 1 saturated heterocycles. The molecule has 0 saturated carbocycles. The van der Waals surface area contributed by atoms with E-state index in [2.05, 4.69) is 14.9 Å². The van der Waals surface area contributed by atoms with Crippen LogP contribution in [0.1, 0.15) is 15.9 Å². The lowest BCUT2D eigenvalue weighted by Crippen LogP contribution is -2.49. The molecule has 2 aromatic carbocycles. The van der Waals surface area contributed by atoms with E-state index in [4.69, 9.17) is 11.6 Å². The Morgan fingerprint density at radius 1 is 0.931 bits per heavy atom. The van der Waals surface area contributed by atoms with E-state index in [1.54, 1.807) is 30.2 Å². The number of nitrogens with zero attached hydrogens (tertiary/aromatic N) is 4. The SMILES string of the molecule is O=C(c1ccc(CSc2ccc(Cl)cc2)cc1)N1CCN(c2ncccn2)CC1. The highest BCUT2D eigenvalue weighted by molar-refractivity contribution is 7.98. The van der Waals surface area contributed by atoms with Crippen LogP contribution in [0.4, 0.5) is 5.95 Å². The second-order valence-electron chi connectivity index (χ2n) is 6.77. The van der Waals surface area contributed by atoms with E-state index >= 15 is 0 Å². The third-order valence-corrected chi connectivity index (χ3v) is 6.16. The number of anilines is 1. The number of hydrogen-bond donors (Lipinski definition) is 0. The summed E-state index contributed by atoms with van der Waals surface area (Å²) >= 11 is 7.68. The van der Waals surface area contributed by atoms with Crippen molar-refractivity contribution < 1.29 is 4.79 Å². The van der Waals surface area contributed by atoms with E-state index in [0.29, 0.717) is 13.1 Å². The minimum Gasteiger partial charge on any atom is -0.337 e. The molecule has 0 atom stereocenters. The number of halogens is 1. The topological polar surface area (TPSA) is 49.3 Å². The quantitative estimate of drug-likeness (QED) is 0.569. The van der Waals surface area contributed by atoms with Gasteiger partial charge in [-0.05, 0) is 48.0 Å². The van der Waals surface area contributed by atoms with Crippen molar-refractivity contribution in [1.82, 2.24) is 14.9 Å². The molecular weight excluding hydrogens is 404 g/mol. The van der Waals surface area contributed by atoms with Gasteiger partial charge in [0.05, 0.1) is 0 Å². The summed E-state index contributed by atoms with van der Waals surface area (Å²) in [5.41, 5.74) is 1.92. The summed E-state index contributed by atoms with van der Waals surface area (Å²) in [6, 6.07) is 17.6. The van der Waals surface area contributed by atoms with Crippen molar-refractivity contribution in [2.75, 3.05) is 31.1 Å². The van der Waals surface area contributed by atoms with Crippen LogP contribution in [-0.4, -0.2) is 47.0 Å². The fourth-order valence-electron chi connectivity index (χ4n) is 3.19. The maximum atomic E-state index is 12.8. The first-order valence-corrected chi connectivity index (χ1v) is 10.8. The standard InChI is InChI=1S/C22H21ClN4OS/c23-19-6-8-20(9-7-19)29-16-17-2-4-18(5-3-17)21(28)26-12-14-27(15-13-26)22-24-10-1-11-25-22/h1-11H,12-16H2. The average molecular weight is 425 g/mol. The molecule has 0 bridgehead atoms. The van der Waals surface area contributed by atoms with E-state index in [9.17, 15) is 4.79 Å². The second-order valence-corrected chi connectivity index (χ2v) is 8.25. The predicted molar refractivity (Wildman–Crippen MR) is 118 cm³/mol. The average Bonchev–Trinajstić information content (AvgIpc) is 2.79. The lowest BCUT2D eigenvalue weighted by atomic mass is 10.1. The van der Waals surface area contributed by atoms with Crippen LogP contribution in [0.5, 0.6) is 0 Å². The Bertz CT molecular complexity index is 943. The first kappa shape index (κ1) is 19.7. The number of carbonyl (C=O) groups excluding carboxylic acids is 1. The molecule has 2 heterocycles. The molecule has 1 aliphatic heterocycles. The van der Waals surface area contributed by atoms with Gasteiger partial charge in [0.25, 0.3) is 5.91 Å². The van der Waals surface area contributed by atoms with Gasteiger partial charge in [-0.1, -0.05) is 23.7 Å². The Labute approximate surface area is 179 Å². The third-order valence-electron chi connectivity index (χ3n) is 4.82. The fourth-order valence-corrected chi connectivity index (χ4v) is 4.17. The summed E-state index contributed by atoms with van der Waals surface area (Å²) in [4.78, 5) is 26.6. The van der Waals surface area contributed by atoms with Gasteiger partial charge in [0.15, 0.2) is 0 Å². The zero-order valence-electron chi connectivity index (χ0n) is 15.9. The summed E-state index contributed by atoms with van der Waals surface area (Å²) in [6.45, 7) is 2.83. The van der Waals surface area contributed by atoms with Crippen LogP contribution in [0, 0.1) is 0 Å². The van der Waals surface area contributed by atoms with Gasteiger partial charge >= 0.3 is 0 Å². The monoisotopic (exact) mass is 424 g/mol. The molecule has 0 spiro atoms. The molecule has 1 aromatic heterocycles. The summed E-state index contributed by atoms with van der Waals surface area (Å²) < 4.78 is 0. The van der Waals surface area contributed by atoms with E-state index in [1.807, 2.05) is 53.4 Å². The zero-order valence-corrected chi connectivity index (χ0v) is 17.4. The van der Waals surface area contributed by atoms with E-state index in [-0.39, 0.29) is 5.91 Å². The molecular formula is C22H21ClN4OS. The molecule has 0 N–H and O–H groups in total. The van der Waals surface area contributed by atoms with Gasteiger partial charge in [0.2, 0.25) is 5.95 Å². The van der Waals surface area contributed by atoms with Crippen molar-refractivity contribution in [3.8, 4) is 0 Å². The maximum Gasteiger partial charge on any atom is 0.253 e. The minimum atomic E-state index is 0.0792. The summed E-state index contributed by atoms with van der Waals surface area (Å²) in [5, 5.41) is 0.745. The van der Waals surface area contributed by atoms with Crippen LogP contribution >= 0.6 is 23.4 Å². The molecule has 0 radical (unpaired) electrons. The summed E-state index contributed by atoms with van der Waals surface area (Å²) in [6.07, 6.45) is 3.49. The first-order chi connectivity index (χ1) is 14.2. The van der Waals surface area contributed by atoms with Crippen LogP contribution < -0.4 is 4.90 Å². The highest BCUT2D eigenvalue weighted by Gasteiger charge is 2.23. The fraction of sp³-hybridized carbons (Fsp3) is 0.227. The molecule has 29 heavy (non-hydrogen) atoms. The van der Waals surface area contributed by atoms with Crippen molar-refractivity contribution in [1.29, 1.82) is 0 Å². The smallest absolute Gasteiger partial charge is 0.253 e. The molecule has 1 aliphatic rings. The van der Waals surface area contributed by atoms with Crippen LogP contribution in [-0.2, 0) is 5.75 Å². The lowest BCUT2D eigenvalue weighted by Gasteiger charge is -2.34. The van der Waals surface area contributed by atoms with Crippen LogP contribution in [0.2, 0.25) is 5.02 Å². The van der Waals surface area contributed by atoms with Gasteiger partial charge in [0, 0.05) is 59.8 Å². The van der Waals surface area contributed by atoms with Gasteiger partial charge in [-0.3, -0.25) is 4.79 Å². The molecule has 0 unspecified atom stereocenters. The van der Waals surface area contributed by atoms with Crippen molar-refractivity contribution in [3.05, 3.63) is 83.1 Å². The number of hydrogen-bond acceptors (Lipinski definition) is 5. The van der Waals surface area contributed by atoms with Crippen LogP contribution in [0.15, 0.2) is 71.9 Å². The Morgan fingerprint density at radius 3 is 2.24 bits per heavy atom. The first-order valence-electron chi connectivity index (χ1n) is 9.47. The van der Waals surface area contributed by atoms with Crippen molar-refractivity contribution in [2.45, 2.75) is 10.6 Å². The summed E-state index contributed by atoms with van der Waals surface area (Å²) in [5.74, 6) is 1.66. The number of thioether (sulfide) groups is 1. The second kappa shape index (κ2) is 9.29. The van der Waals surface area contributed by atoms with Crippen molar-refractivity contribution >= 4 is 35.2 Å². The Balaban J connectivity index is 1.31. The van der Waals surface area contributed by atoms with Gasteiger partial charge in [-0.15, -0.1) is 11.8 Å². The highest BCUT2D eigenvalue weighted by atomic mass is 35.5. The third kappa shape index (κ3) is 5.08. The molecule has 0 aliphatic carbocycles. The lowest BCUT2D eigenvalue weighted by molar-refractivity contribution is 0.0746. The van der Waals surface area contributed by atoms with Crippen LogP contribution in [0.25, 0.3) is 0 Å². The number of piperazine rings is 1. The minimum absolute atomic E-state index is 0.0792.